The van der Waals surface area contributed by atoms with Crippen LogP contribution in [0.2, 0.25) is 0 Å². The number of hydrogen-bond donors (Lipinski definition) is 3. The van der Waals surface area contributed by atoms with Gasteiger partial charge in [-0.25, -0.2) is 9.13 Å². The van der Waals surface area contributed by atoms with Crippen molar-refractivity contribution in [1.82, 2.24) is 0 Å². The second kappa shape index (κ2) is 68.5. The minimum atomic E-state index is -4.96. The SMILES string of the molecule is CCCCCCCCCCCCCCCCCCCC(=O)OC[C@H](COP(=O)(O)OC[C@@H](O)COP(=O)(O)OC[C@@H](COC(=O)CCCCCCCCC(C)C)OC(=O)CCCCCCCCCCCCC(C)C)OC(=O)CCCCCCCCCCCCCCCCC(C)CC. The van der Waals surface area contributed by atoms with E-state index >= 15 is 0 Å². The second-order valence-electron chi connectivity index (χ2n) is 29.3. The molecule has 0 bridgehead atoms. The van der Waals surface area contributed by atoms with Crippen LogP contribution in [0, 0.1) is 17.8 Å². The lowest BCUT2D eigenvalue weighted by Crippen LogP contribution is -2.30. The van der Waals surface area contributed by atoms with Crippen LogP contribution in [0.5, 0.6) is 0 Å². The molecule has 0 aliphatic heterocycles. The highest BCUT2D eigenvalue weighted by molar-refractivity contribution is 7.47. The highest BCUT2D eigenvalue weighted by Gasteiger charge is 2.30. The van der Waals surface area contributed by atoms with E-state index in [1.165, 1.54) is 205 Å². The molecule has 0 fully saturated rings. The number of phosphoric acid groups is 2. The minimum Gasteiger partial charge on any atom is -0.462 e. The Hall–Kier alpha value is -1.94. The average Bonchev–Trinajstić information content (AvgIpc) is 1.06. The van der Waals surface area contributed by atoms with E-state index in [1.54, 1.807) is 0 Å². The fourth-order valence-electron chi connectivity index (χ4n) is 11.9. The summed E-state index contributed by atoms with van der Waals surface area (Å²) in [5, 5.41) is 10.6. The van der Waals surface area contributed by atoms with Gasteiger partial charge in [0.1, 0.15) is 19.3 Å². The zero-order valence-electron chi connectivity index (χ0n) is 63.5. The molecule has 576 valence electrons. The van der Waals surface area contributed by atoms with Gasteiger partial charge < -0.3 is 33.8 Å². The summed E-state index contributed by atoms with van der Waals surface area (Å²) in [6.07, 6.45) is 55.6. The Morgan fingerprint density at radius 1 is 0.299 bits per heavy atom. The van der Waals surface area contributed by atoms with Crippen LogP contribution in [-0.4, -0.2) is 96.7 Å². The molecule has 0 aliphatic rings. The van der Waals surface area contributed by atoms with Crippen LogP contribution >= 0.6 is 15.6 Å². The third-order valence-corrected chi connectivity index (χ3v) is 20.4. The van der Waals surface area contributed by atoms with E-state index in [1.807, 2.05) is 0 Å². The maximum Gasteiger partial charge on any atom is 0.472 e. The highest BCUT2D eigenvalue weighted by atomic mass is 31.2. The first-order valence-electron chi connectivity index (χ1n) is 40.4. The molecule has 0 radical (unpaired) electrons. The van der Waals surface area contributed by atoms with E-state index < -0.39 is 97.5 Å². The van der Waals surface area contributed by atoms with Crippen LogP contribution in [0.15, 0.2) is 0 Å². The molecule has 6 atom stereocenters. The summed E-state index contributed by atoms with van der Waals surface area (Å²) in [7, 11) is -9.91. The summed E-state index contributed by atoms with van der Waals surface area (Å²) in [6, 6.07) is 0. The number of aliphatic hydroxyl groups excluding tert-OH is 1. The van der Waals surface area contributed by atoms with E-state index in [2.05, 4.69) is 48.5 Å². The minimum absolute atomic E-state index is 0.105. The largest absolute Gasteiger partial charge is 0.472 e. The number of rotatable bonds is 76. The molecular weight excluding hydrogens is 1270 g/mol. The van der Waals surface area contributed by atoms with E-state index in [0.717, 1.165) is 108 Å². The van der Waals surface area contributed by atoms with Crippen LogP contribution in [0.3, 0.4) is 0 Å². The summed E-state index contributed by atoms with van der Waals surface area (Å²) in [5.74, 6) is 0.160. The van der Waals surface area contributed by atoms with E-state index in [9.17, 15) is 43.2 Å². The maximum atomic E-state index is 13.1. The van der Waals surface area contributed by atoms with Gasteiger partial charge in [0, 0.05) is 25.7 Å². The van der Waals surface area contributed by atoms with Crippen LogP contribution in [0.4, 0.5) is 0 Å². The normalized spacial score (nSPS) is 14.3. The van der Waals surface area contributed by atoms with E-state index in [-0.39, 0.29) is 25.7 Å². The van der Waals surface area contributed by atoms with Crippen molar-refractivity contribution in [1.29, 1.82) is 0 Å². The molecule has 0 saturated carbocycles. The van der Waals surface area contributed by atoms with Crippen LogP contribution in [-0.2, 0) is 65.4 Å². The lowest BCUT2D eigenvalue weighted by atomic mass is 9.99. The zero-order chi connectivity index (χ0) is 71.6. The van der Waals surface area contributed by atoms with Gasteiger partial charge in [-0.1, -0.05) is 350 Å². The molecule has 17 nitrogen and oxygen atoms in total. The molecule has 3 unspecified atom stereocenters. The Balaban J connectivity index is 5.23. The van der Waals surface area contributed by atoms with Crippen molar-refractivity contribution < 1.29 is 80.2 Å². The second-order valence-corrected chi connectivity index (χ2v) is 32.2. The highest BCUT2D eigenvalue weighted by Crippen LogP contribution is 2.45. The van der Waals surface area contributed by atoms with Gasteiger partial charge in [-0.2, -0.15) is 0 Å². The van der Waals surface area contributed by atoms with Crippen molar-refractivity contribution in [2.45, 2.75) is 420 Å². The predicted octanol–water partition coefficient (Wildman–Crippen LogP) is 23.0. The predicted molar refractivity (Wildman–Crippen MR) is 395 cm³/mol. The third kappa shape index (κ3) is 70.9. The standard InChI is InChI=1S/C78H152O17P2/c1-8-10-11-12-13-14-15-16-17-18-19-23-26-32-37-45-52-59-75(80)88-65-73(94-77(82)61-54-47-38-33-27-24-21-20-22-25-31-36-44-51-58-71(7)9-2)67-92-96(84,85)90-63-72(79)64-91-97(86,87)93-68-74(66-89-76(81)60-53-46-41-40-43-50-57-70(5)6)95-78(83)62-55-48-39-34-29-28-30-35-42-49-56-69(3)4/h69-74,79H,8-68H2,1-7H3,(H,84,85)(H,86,87)/t71?,72-,73-,74-/m1/s1. The lowest BCUT2D eigenvalue weighted by molar-refractivity contribution is -0.161. The lowest BCUT2D eigenvalue weighted by Gasteiger charge is -2.21. The van der Waals surface area contributed by atoms with Gasteiger partial charge in [0.05, 0.1) is 26.4 Å². The topological polar surface area (TPSA) is 237 Å². The van der Waals surface area contributed by atoms with Crippen LogP contribution < -0.4 is 0 Å². The van der Waals surface area contributed by atoms with Crippen LogP contribution in [0.1, 0.15) is 402 Å². The van der Waals surface area contributed by atoms with Gasteiger partial charge >= 0.3 is 39.5 Å². The number of esters is 4. The number of ether oxygens (including phenoxy) is 4. The van der Waals surface area contributed by atoms with Crippen molar-refractivity contribution >= 4 is 39.5 Å². The molecule has 0 saturated heterocycles. The Bertz CT molecular complexity index is 1890. The van der Waals surface area contributed by atoms with Crippen LogP contribution in [0.25, 0.3) is 0 Å². The third-order valence-electron chi connectivity index (χ3n) is 18.5. The van der Waals surface area contributed by atoms with Crippen molar-refractivity contribution in [2.75, 3.05) is 39.6 Å². The summed E-state index contributed by atoms with van der Waals surface area (Å²) >= 11 is 0. The molecule has 0 rings (SSSR count). The van der Waals surface area contributed by atoms with E-state index in [4.69, 9.17) is 37.0 Å². The number of hydrogen-bond acceptors (Lipinski definition) is 15. The summed E-state index contributed by atoms with van der Waals surface area (Å²) in [5.41, 5.74) is 0. The molecule has 0 aromatic carbocycles. The maximum absolute atomic E-state index is 13.1. The molecule has 0 aromatic heterocycles. The van der Waals surface area contributed by atoms with Gasteiger partial charge in [0.15, 0.2) is 12.2 Å². The molecule has 0 spiro atoms. The van der Waals surface area contributed by atoms with Crippen molar-refractivity contribution in [3.63, 3.8) is 0 Å². The number of phosphoric ester groups is 2. The summed E-state index contributed by atoms with van der Waals surface area (Å²) < 4.78 is 68.6. The smallest absolute Gasteiger partial charge is 0.462 e. The first-order chi connectivity index (χ1) is 46.8. The molecule has 3 N–H and O–H groups in total. The van der Waals surface area contributed by atoms with Crippen molar-refractivity contribution in [3.05, 3.63) is 0 Å². The quantitative estimate of drug-likeness (QED) is 0.0222. The van der Waals surface area contributed by atoms with Gasteiger partial charge in [-0.15, -0.1) is 0 Å². The van der Waals surface area contributed by atoms with E-state index in [0.29, 0.717) is 31.6 Å². The Kier molecular flexibility index (Phi) is 67.1. The zero-order valence-corrected chi connectivity index (χ0v) is 65.3. The fraction of sp³-hybridized carbons (Fsp3) is 0.949. The summed E-state index contributed by atoms with van der Waals surface area (Å²) in [4.78, 5) is 72.9. The number of aliphatic hydroxyl groups is 1. The fourth-order valence-corrected chi connectivity index (χ4v) is 13.5. The average molecular weight is 1420 g/mol. The monoisotopic (exact) mass is 1420 g/mol. The molecule has 19 heteroatoms. The van der Waals surface area contributed by atoms with Gasteiger partial charge in [-0.3, -0.25) is 37.3 Å². The van der Waals surface area contributed by atoms with Crippen molar-refractivity contribution in [2.24, 2.45) is 17.8 Å². The molecule has 0 heterocycles. The first kappa shape index (κ1) is 95.1. The Morgan fingerprint density at radius 3 is 0.784 bits per heavy atom. The van der Waals surface area contributed by atoms with Gasteiger partial charge in [0.2, 0.25) is 0 Å². The molecule has 97 heavy (non-hydrogen) atoms. The molecule has 0 amide bonds. The number of carbonyl (C=O) groups is 4. The number of carbonyl (C=O) groups excluding carboxylic acids is 4. The molecule has 0 aromatic rings. The van der Waals surface area contributed by atoms with Gasteiger partial charge in [-0.05, 0) is 43.4 Å². The van der Waals surface area contributed by atoms with Gasteiger partial charge in [0.25, 0.3) is 0 Å². The Labute approximate surface area is 594 Å². The first-order valence-corrected chi connectivity index (χ1v) is 43.4. The summed E-state index contributed by atoms with van der Waals surface area (Å²) in [6.45, 7) is 11.9. The molecular formula is C78H152O17P2. The number of unbranched alkanes of at least 4 members (excludes halogenated alkanes) is 43. The Morgan fingerprint density at radius 2 is 0.526 bits per heavy atom. The molecule has 0 aliphatic carbocycles. The van der Waals surface area contributed by atoms with Crippen molar-refractivity contribution in [3.8, 4) is 0 Å².